The van der Waals surface area contributed by atoms with E-state index in [1.165, 1.54) is 36.2 Å². The van der Waals surface area contributed by atoms with Crippen LogP contribution in [0, 0.1) is 0 Å². The van der Waals surface area contributed by atoms with Crippen LogP contribution in [-0.2, 0) is 19.4 Å². The molecule has 1 aliphatic rings. The van der Waals surface area contributed by atoms with Crippen molar-refractivity contribution in [1.29, 1.82) is 0 Å². The molecule has 2 nitrogen and oxygen atoms in total. The fourth-order valence-electron chi connectivity index (χ4n) is 4.43. The van der Waals surface area contributed by atoms with E-state index in [1.54, 1.807) is 0 Å². The average Bonchev–Trinajstić information content (AvgIpc) is 2.96. The molecule has 1 saturated heterocycles. The minimum absolute atomic E-state index is 0.552. The summed E-state index contributed by atoms with van der Waals surface area (Å²) in [5, 5.41) is 0. The van der Waals surface area contributed by atoms with E-state index < -0.39 is 0 Å². The van der Waals surface area contributed by atoms with Crippen molar-refractivity contribution in [2.24, 2.45) is 0 Å². The topological polar surface area (TPSA) is 6.48 Å². The van der Waals surface area contributed by atoms with Crippen molar-refractivity contribution in [1.82, 2.24) is 9.80 Å². The van der Waals surface area contributed by atoms with E-state index in [4.69, 9.17) is 0 Å². The first-order valence-corrected chi connectivity index (χ1v) is 10.9. The highest BCUT2D eigenvalue weighted by Gasteiger charge is 2.25. The first kappa shape index (κ1) is 19.9. The van der Waals surface area contributed by atoms with Crippen LogP contribution < -0.4 is 0 Å². The Morgan fingerprint density at radius 2 is 1.24 bits per heavy atom. The molecule has 0 aliphatic carbocycles. The van der Waals surface area contributed by atoms with E-state index in [1.807, 2.05) is 0 Å². The molecule has 0 radical (unpaired) electrons. The van der Waals surface area contributed by atoms with E-state index in [-0.39, 0.29) is 0 Å². The van der Waals surface area contributed by atoms with Gasteiger partial charge in [0.05, 0.1) is 0 Å². The largest absolute Gasteiger partial charge is 0.301 e. The fourth-order valence-corrected chi connectivity index (χ4v) is 4.43. The van der Waals surface area contributed by atoms with Crippen molar-refractivity contribution in [3.8, 4) is 0 Å². The monoisotopic (exact) mass is 384 g/mol. The van der Waals surface area contributed by atoms with E-state index in [9.17, 15) is 0 Å². The summed E-state index contributed by atoms with van der Waals surface area (Å²) in [5.74, 6) is 0. The highest BCUT2D eigenvalue weighted by atomic mass is 15.2. The van der Waals surface area contributed by atoms with Gasteiger partial charge in [0.2, 0.25) is 0 Å². The molecule has 1 heterocycles. The van der Waals surface area contributed by atoms with Crippen LogP contribution in [0.15, 0.2) is 91.0 Å². The van der Waals surface area contributed by atoms with Gasteiger partial charge in [0.15, 0.2) is 0 Å². The lowest BCUT2D eigenvalue weighted by Gasteiger charge is -2.32. The van der Waals surface area contributed by atoms with Crippen LogP contribution in [0.1, 0.15) is 23.1 Å². The molecule has 2 heteroatoms. The highest BCUT2D eigenvalue weighted by Crippen LogP contribution is 2.18. The molecule has 0 bridgehead atoms. The lowest BCUT2D eigenvalue weighted by molar-refractivity contribution is 0.170. The Balaban J connectivity index is 1.46. The molecule has 3 aromatic rings. The summed E-state index contributed by atoms with van der Waals surface area (Å²) in [5.41, 5.74) is 4.31. The van der Waals surface area contributed by atoms with Crippen LogP contribution in [-0.4, -0.2) is 42.0 Å². The molecule has 1 aliphatic heterocycles. The van der Waals surface area contributed by atoms with Gasteiger partial charge in [-0.25, -0.2) is 0 Å². The summed E-state index contributed by atoms with van der Waals surface area (Å²) in [4.78, 5) is 5.40. The Hall–Kier alpha value is -2.42. The van der Waals surface area contributed by atoms with Crippen molar-refractivity contribution in [2.75, 3.05) is 26.2 Å². The van der Waals surface area contributed by atoms with Gasteiger partial charge in [-0.15, -0.1) is 0 Å². The van der Waals surface area contributed by atoms with E-state index >= 15 is 0 Å². The number of hydrogen-bond acceptors (Lipinski definition) is 2. The first-order chi connectivity index (χ1) is 14.4. The van der Waals surface area contributed by atoms with Crippen LogP contribution in [0.25, 0.3) is 0 Å². The molecule has 4 rings (SSSR count). The quantitative estimate of drug-likeness (QED) is 0.562. The lowest BCUT2D eigenvalue weighted by Crippen LogP contribution is -2.42. The number of benzene rings is 3. The van der Waals surface area contributed by atoms with Crippen molar-refractivity contribution in [3.05, 3.63) is 108 Å². The first-order valence-electron chi connectivity index (χ1n) is 10.9. The lowest BCUT2D eigenvalue weighted by atomic mass is 10.0. The van der Waals surface area contributed by atoms with E-state index in [2.05, 4.69) is 101 Å². The summed E-state index contributed by atoms with van der Waals surface area (Å²) >= 11 is 0. The van der Waals surface area contributed by atoms with Crippen molar-refractivity contribution in [3.63, 3.8) is 0 Å². The maximum atomic E-state index is 2.71. The highest BCUT2D eigenvalue weighted by molar-refractivity contribution is 5.18. The predicted molar refractivity (Wildman–Crippen MR) is 122 cm³/mol. The van der Waals surface area contributed by atoms with Gasteiger partial charge < -0.3 is 4.90 Å². The third kappa shape index (κ3) is 6.03. The zero-order chi connectivity index (χ0) is 19.7. The van der Waals surface area contributed by atoms with E-state index in [0.717, 1.165) is 32.5 Å². The molecule has 0 aromatic heterocycles. The molecular formula is C27H32N2. The minimum Gasteiger partial charge on any atom is -0.301 e. The second-order valence-corrected chi connectivity index (χ2v) is 8.19. The maximum absolute atomic E-state index is 2.71. The molecule has 0 unspecified atom stereocenters. The van der Waals surface area contributed by atoms with Gasteiger partial charge in [-0.1, -0.05) is 91.0 Å². The second kappa shape index (κ2) is 10.4. The van der Waals surface area contributed by atoms with Gasteiger partial charge >= 0.3 is 0 Å². The molecule has 3 aromatic carbocycles. The number of rotatable bonds is 7. The summed E-state index contributed by atoms with van der Waals surface area (Å²) < 4.78 is 0. The molecule has 0 amide bonds. The molecule has 29 heavy (non-hydrogen) atoms. The van der Waals surface area contributed by atoms with Crippen LogP contribution in [0.3, 0.4) is 0 Å². The Kier molecular flexibility index (Phi) is 7.12. The van der Waals surface area contributed by atoms with Gasteiger partial charge in [0.1, 0.15) is 0 Å². The minimum atomic E-state index is 0.552. The zero-order valence-electron chi connectivity index (χ0n) is 17.3. The van der Waals surface area contributed by atoms with Crippen LogP contribution in [0.5, 0.6) is 0 Å². The van der Waals surface area contributed by atoms with Gasteiger partial charge in [0, 0.05) is 32.2 Å². The Morgan fingerprint density at radius 3 is 1.90 bits per heavy atom. The predicted octanol–water partition coefficient (Wildman–Crippen LogP) is 5.05. The molecular weight excluding hydrogens is 352 g/mol. The standard InChI is InChI=1S/C27H32N2/c1-4-11-24(12-5-1)17-20-28-18-10-19-29(22-26-15-8-3-9-16-26)27(23-28)21-25-13-6-2-7-14-25/h1-9,11-16,27H,10,17-23H2/t27-/m1/s1. The van der Waals surface area contributed by atoms with Crippen LogP contribution in [0.2, 0.25) is 0 Å². The zero-order valence-corrected chi connectivity index (χ0v) is 17.3. The summed E-state index contributed by atoms with van der Waals surface area (Å²) in [6, 6.07) is 33.4. The molecule has 1 atom stereocenters. The fraction of sp³-hybridized carbons (Fsp3) is 0.333. The Morgan fingerprint density at radius 1 is 0.655 bits per heavy atom. The number of nitrogens with zero attached hydrogens (tertiary/aromatic N) is 2. The molecule has 150 valence electrons. The molecule has 1 fully saturated rings. The van der Waals surface area contributed by atoms with Gasteiger partial charge in [-0.05, 0) is 42.5 Å². The summed E-state index contributed by atoms with van der Waals surface area (Å²) in [6.07, 6.45) is 3.50. The van der Waals surface area contributed by atoms with Crippen molar-refractivity contribution < 1.29 is 0 Å². The van der Waals surface area contributed by atoms with Crippen molar-refractivity contribution >= 4 is 0 Å². The molecule has 0 spiro atoms. The normalized spacial score (nSPS) is 18.4. The van der Waals surface area contributed by atoms with Gasteiger partial charge in [-0.3, -0.25) is 4.90 Å². The third-order valence-corrected chi connectivity index (χ3v) is 6.01. The van der Waals surface area contributed by atoms with Gasteiger partial charge in [0.25, 0.3) is 0 Å². The molecule has 0 N–H and O–H groups in total. The maximum Gasteiger partial charge on any atom is 0.0267 e. The van der Waals surface area contributed by atoms with Crippen LogP contribution >= 0.6 is 0 Å². The van der Waals surface area contributed by atoms with Crippen molar-refractivity contribution in [2.45, 2.75) is 31.8 Å². The van der Waals surface area contributed by atoms with E-state index in [0.29, 0.717) is 6.04 Å². The average molecular weight is 385 g/mol. The SMILES string of the molecule is c1ccc(CCN2CCCN(Cc3ccccc3)[C@H](Cc3ccccc3)C2)cc1. The summed E-state index contributed by atoms with van der Waals surface area (Å²) in [7, 11) is 0. The number of hydrogen-bond donors (Lipinski definition) is 0. The Labute approximate surface area is 175 Å². The van der Waals surface area contributed by atoms with Gasteiger partial charge in [-0.2, -0.15) is 0 Å². The summed E-state index contributed by atoms with van der Waals surface area (Å²) in [6.45, 7) is 5.71. The second-order valence-electron chi connectivity index (χ2n) is 8.19. The smallest absolute Gasteiger partial charge is 0.0267 e. The molecule has 0 saturated carbocycles. The van der Waals surface area contributed by atoms with Crippen LogP contribution in [0.4, 0.5) is 0 Å². The Bertz CT molecular complexity index is 832. The third-order valence-electron chi connectivity index (χ3n) is 6.01.